The van der Waals surface area contributed by atoms with Crippen molar-refractivity contribution in [1.82, 2.24) is 0 Å². The molecule has 1 aromatic carbocycles. The van der Waals surface area contributed by atoms with Crippen molar-refractivity contribution < 1.29 is 4.79 Å². The number of ketones is 1. The van der Waals surface area contributed by atoms with Crippen LogP contribution in [0.5, 0.6) is 0 Å². The number of hydrogen-bond acceptors (Lipinski definition) is 1. The van der Waals surface area contributed by atoms with Gasteiger partial charge in [-0.15, -0.1) is 11.8 Å². The van der Waals surface area contributed by atoms with Crippen molar-refractivity contribution >= 4 is 5.78 Å². The third-order valence-electron chi connectivity index (χ3n) is 3.31. The number of fused-ring (bicyclic) bond motifs is 1. The minimum absolute atomic E-state index is 0.221. The molecule has 0 aliphatic heterocycles. The SMILES string of the molecule is CC(C)(C)C(=O)c1ccc2c(c1)CCC#CCC2. The van der Waals surface area contributed by atoms with E-state index in [0.717, 1.165) is 31.2 Å². The Hall–Kier alpha value is -1.55. The average molecular weight is 240 g/mol. The van der Waals surface area contributed by atoms with Crippen molar-refractivity contribution in [2.45, 2.75) is 46.5 Å². The molecule has 0 aromatic heterocycles. The van der Waals surface area contributed by atoms with Crippen molar-refractivity contribution in [3.05, 3.63) is 34.9 Å². The van der Waals surface area contributed by atoms with Crippen LogP contribution in [-0.4, -0.2) is 5.78 Å². The van der Waals surface area contributed by atoms with E-state index in [-0.39, 0.29) is 11.2 Å². The van der Waals surface area contributed by atoms with Crippen LogP contribution >= 0.6 is 0 Å². The van der Waals surface area contributed by atoms with Crippen LogP contribution < -0.4 is 0 Å². The molecular weight excluding hydrogens is 220 g/mol. The van der Waals surface area contributed by atoms with Gasteiger partial charge in [0.15, 0.2) is 5.78 Å². The molecule has 0 spiro atoms. The number of rotatable bonds is 1. The molecule has 0 N–H and O–H groups in total. The fourth-order valence-electron chi connectivity index (χ4n) is 2.25. The molecule has 0 fully saturated rings. The number of Topliss-reactive ketones (excluding diaryl/α,β-unsaturated/α-hetero) is 1. The normalized spacial score (nSPS) is 14.8. The Morgan fingerprint density at radius 3 is 2.28 bits per heavy atom. The summed E-state index contributed by atoms with van der Waals surface area (Å²) in [5.74, 6) is 6.57. The summed E-state index contributed by atoms with van der Waals surface area (Å²) in [6.45, 7) is 5.91. The maximum Gasteiger partial charge on any atom is 0.168 e. The van der Waals surface area contributed by atoms with Crippen molar-refractivity contribution in [1.29, 1.82) is 0 Å². The quantitative estimate of drug-likeness (QED) is 0.539. The summed E-state index contributed by atoms with van der Waals surface area (Å²) in [5.41, 5.74) is 3.19. The first kappa shape index (κ1) is 12.9. The van der Waals surface area contributed by atoms with Crippen LogP contribution in [0.15, 0.2) is 18.2 Å². The van der Waals surface area contributed by atoms with Crippen LogP contribution in [0.2, 0.25) is 0 Å². The fourth-order valence-corrected chi connectivity index (χ4v) is 2.25. The van der Waals surface area contributed by atoms with Gasteiger partial charge in [-0.3, -0.25) is 4.79 Å². The molecule has 1 aromatic rings. The number of benzene rings is 1. The standard InChI is InChI=1S/C17H20O/c1-17(2,3)16(18)15-11-10-13-8-6-4-5-7-9-14(13)12-15/h10-12H,6-9H2,1-3H3. The van der Waals surface area contributed by atoms with E-state index in [1.54, 1.807) is 0 Å². The van der Waals surface area contributed by atoms with Gasteiger partial charge < -0.3 is 0 Å². The summed E-state index contributed by atoms with van der Waals surface area (Å²) in [7, 11) is 0. The predicted molar refractivity (Wildman–Crippen MR) is 74.6 cm³/mol. The zero-order valence-corrected chi connectivity index (χ0v) is 11.5. The molecule has 1 heteroatoms. The molecule has 1 aliphatic carbocycles. The lowest BCUT2D eigenvalue weighted by molar-refractivity contribution is 0.0858. The van der Waals surface area contributed by atoms with E-state index < -0.39 is 0 Å². The van der Waals surface area contributed by atoms with E-state index >= 15 is 0 Å². The van der Waals surface area contributed by atoms with Crippen molar-refractivity contribution in [2.24, 2.45) is 5.41 Å². The van der Waals surface area contributed by atoms with Gasteiger partial charge in [-0.2, -0.15) is 0 Å². The molecule has 0 bridgehead atoms. The fraction of sp³-hybridized carbons (Fsp3) is 0.471. The van der Waals surface area contributed by atoms with Gasteiger partial charge in [-0.05, 0) is 30.0 Å². The summed E-state index contributed by atoms with van der Waals surface area (Å²) in [6.07, 6.45) is 3.81. The highest BCUT2D eigenvalue weighted by atomic mass is 16.1. The Bertz CT molecular complexity index is 521. The summed E-state index contributed by atoms with van der Waals surface area (Å²) in [6, 6.07) is 6.17. The highest BCUT2D eigenvalue weighted by Gasteiger charge is 2.23. The maximum atomic E-state index is 12.3. The van der Waals surface area contributed by atoms with Gasteiger partial charge in [-0.25, -0.2) is 0 Å². The van der Waals surface area contributed by atoms with Crippen LogP contribution in [0.1, 0.15) is 55.1 Å². The third kappa shape index (κ3) is 2.82. The van der Waals surface area contributed by atoms with Gasteiger partial charge in [-0.1, -0.05) is 32.9 Å². The smallest absolute Gasteiger partial charge is 0.168 e. The average Bonchev–Trinajstić information content (AvgIpc) is 2.27. The van der Waals surface area contributed by atoms with Gasteiger partial charge in [0.05, 0.1) is 0 Å². The number of hydrogen-bond donors (Lipinski definition) is 0. The lowest BCUT2D eigenvalue weighted by Gasteiger charge is -2.18. The molecule has 0 saturated heterocycles. The summed E-state index contributed by atoms with van der Waals surface area (Å²) >= 11 is 0. The Morgan fingerprint density at radius 2 is 1.67 bits per heavy atom. The zero-order valence-electron chi connectivity index (χ0n) is 11.5. The molecule has 0 saturated carbocycles. The van der Waals surface area contributed by atoms with Crippen LogP contribution in [0.25, 0.3) is 0 Å². The summed E-state index contributed by atoms with van der Waals surface area (Å²) in [4.78, 5) is 12.3. The highest BCUT2D eigenvalue weighted by molar-refractivity contribution is 6.00. The first-order valence-corrected chi connectivity index (χ1v) is 6.61. The summed E-state index contributed by atoms with van der Waals surface area (Å²) < 4.78 is 0. The Labute approximate surface area is 110 Å². The Morgan fingerprint density at radius 1 is 1.06 bits per heavy atom. The van der Waals surface area contributed by atoms with Gasteiger partial charge in [0.25, 0.3) is 0 Å². The Kier molecular flexibility index (Phi) is 3.57. The van der Waals surface area contributed by atoms with E-state index in [1.165, 1.54) is 11.1 Å². The van der Waals surface area contributed by atoms with Gasteiger partial charge >= 0.3 is 0 Å². The minimum Gasteiger partial charge on any atom is -0.294 e. The molecule has 0 unspecified atom stereocenters. The molecule has 0 amide bonds. The number of aryl methyl sites for hydroxylation is 2. The molecule has 94 valence electrons. The van der Waals surface area contributed by atoms with Crippen LogP contribution in [0.4, 0.5) is 0 Å². The lowest BCUT2D eigenvalue weighted by Crippen LogP contribution is -2.20. The van der Waals surface area contributed by atoms with E-state index in [2.05, 4.69) is 24.0 Å². The topological polar surface area (TPSA) is 17.1 Å². The first-order valence-electron chi connectivity index (χ1n) is 6.61. The highest BCUT2D eigenvalue weighted by Crippen LogP contribution is 2.24. The molecule has 2 rings (SSSR count). The first-order chi connectivity index (χ1) is 8.48. The van der Waals surface area contributed by atoms with Crippen LogP contribution in [0.3, 0.4) is 0 Å². The second-order valence-corrected chi connectivity index (χ2v) is 5.92. The van der Waals surface area contributed by atoms with E-state index in [0.29, 0.717) is 0 Å². The van der Waals surface area contributed by atoms with E-state index in [1.807, 2.05) is 26.8 Å². The van der Waals surface area contributed by atoms with Crippen LogP contribution in [0, 0.1) is 17.3 Å². The third-order valence-corrected chi connectivity index (χ3v) is 3.31. The second kappa shape index (κ2) is 4.98. The molecule has 1 nitrogen and oxygen atoms in total. The lowest BCUT2D eigenvalue weighted by atomic mass is 9.84. The predicted octanol–water partition coefficient (Wildman–Crippen LogP) is 3.80. The van der Waals surface area contributed by atoms with E-state index in [9.17, 15) is 4.79 Å². The van der Waals surface area contributed by atoms with E-state index in [4.69, 9.17) is 0 Å². The molecule has 0 heterocycles. The van der Waals surface area contributed by atoms with Crippen LogP contribution in [-0.2, 0) is 12.8 Å². The van der Waals surface area contributed by atoms with Crippen molar-refractivity contribution in [3.8, 4) is 11.8 Å². The second-order valence-electron chi connectivity index (χ2n) is 5.92. The molecule has 0 radical (unpaired) electrons. The Balaban J connectivity index is 2.33. The van der Waals surface area contributed by atoms with Crippen molar-refractivity contribution in [2.75, 3.05) is 0 Å². The number of carbonyl (C=O) groups is 1. The van der Waals surface area contributed by atoms with Gasteiger partial charge in [0.1, 0.15) is 0 Å². The maximum absolute atomic E-state index is 12.3. The molecular formula is C17H20O. The number of carbonyl (C=O) groups excluding carboxylic acids is 1. The van der Waals surface area contributed by atoms with Crippen molar-refractivity contribution in [3.63, 3.8) is 0 Å². The summed E-state index contributed by atoms with van der Waals surface area (Å²) in [5, 5.41) is 0. The molecule has 1 aliphatic rings. The monoisotopic (exact) mass is 240 g/mol. The van der Waals surface area contributed by atoms with Gasteiger partial charge in [0.2, 0.25) is 0 Å². The largest absolute Gasteiger partial charge is 0.294 e. The molecule has 0 atom stereocenters. The van der Waals surface area contributed by atoms with Gasteiger partial charge in [0, 0.05) is 23.8 Å². The zero-order chi connectivity index (χ0) is 13.2. The minimum atomic E-state index is -0.310. The molecule has 18 heavy (non-hydrogen) atoms.